The van der Waals surface area contributed by atoms with Gasteiger partial charge in [0.25, 0.3) is 0 Å². The van der Waals surface area contributed by atoms with Crippen molar-refractivity contribution in [3.8, 4) is 0 Å². The number of thiophene rings is 1. The van der Waals surface area contributed by atoms with Gasteiger partial charge in [0.05, 0.1) is 12.5 Å². The minimum Gasteiger partial charge on any atom is -0.396 e. The van der Waals surface area contributed by atoms with Gasteiger partial charge in [-0.3, -0.25) is 9.59 Å². The molecule has 0 saturated carbocycles. The normalized spacial score (nSPS) is 16.8. The maximum absolute atomic E-state index is 12.1. The molecule has 1 aliphatic heterocycles. The number of carbonyl (C=O) groups excluding carboxylic acids is 2. The Bertz CT molecular complexity index is 441. The molecule has 1 atom stereocenters. The van der Waals surface area contributed by atoms with Gasteiger partial charge in [0.1, 0.15) is 0 Å². The first kappa shape index (κ1) is 14.0. The molecule has 104 valence electrons. The summed E-state index contributed by atoms with van der Waals surface area (Å²) in [6.45, 7) is 2.82. The molecule has 0 bridgehead atoms. The highest BCUT2D eigenvalue weighted by atomic mass is 32.1. The molecule has 0 radical (unpaired) electrons. The molecule has 19 heavy (non-hydrogen) atoms. The summed E-state index contributed by atoms with van der Waals surface area (Å²) >= 11 is 1.53. The Morgan fingerprint density at radius 2 is 2.32 bits per heavy atom. The van der Waals surface area contributed by atoms with E-state index in [4.69, 9.17) is 5.11 Å². The van der Waals surface area contributed by atoms with Gasteiger partial charge in [-0.25, -0.2) is 0 Å². The lowest BCUT2D eigenvalue weighted by atomic mass is 10.00. The lowest BCUT2D eigenvalue weighted by Crippen LogP contribution is -2.52. The van der Waals surface area contributed by atoms with Crippen molar-refractivity contribution in [2.75, 3.05) is 19.7 Å². The van der Waals surface area contributed by atoms with E-state index in [0.29, 0.717) is 13.1 Å². The first-order chi connectivity index (χ1) is 9.10. The van der Waals surface area contributed by atoms with Crippen LogP contribution in [-0.2, 0) is 9.59 Å². The van der Waals surface area contributed by atoms with Gasteiger partial charge in [0, 0.05) is 37.4 Å². The molecule has 0 aromatic carbocycles. The van der Waals surface area contributed by atoms with Gasteiger partial charge in [0.15, 0.2) is 0 Å². The Kier molecular flexibility index (Phi) is 4.55. The number of carbonyl (C=O) groups is 2. The third-order valence-electron chi connectivity index (χ3n) is 3.21. The van der Waals surface area contributed by atoms with E-state index in [9.17, 15) is 9.59 Å². The van der Waals surface area contributed by atoms with Crippen LogP contribution < -0.4 is 5.32 Å². The van der Waals surface area contributed by atoms with Gasteiger partial charge >= 0.3 is 0 Å². The molecule has 5 nitrogen and oxygen atoms in total. The largest absolute Gasteiger partial charge is 0.396 e. The summed E-state index contributed by atoms with van der Waals surface area (Å²) in [5, 5.41) is 13.7. The number of aliphatic hydroxyl groups excluding tert-OH is 1. The summed E-state index contributed by atoms with van der Waals surface area (Å²) in [6.07, 6.45) is 0.276. The second-order valence-electron chi connectivity index (χ2n) is 4.82. The summed E-state index contributed by atoms with van der Waals surface area (Å²) in [5.41, 5.74) is 0. The van der Waals surface area contributed by atoms with Crippen LogP contribution in [0.1, 0.15) is 24.3 Å². The molecule has 2 heterocycles. The zero-order chi connectivity index (χ0) is 13.8. The van der Waals surface area contributed by atoms with Crippen LogP contribution in [0, 0.1) is 5.92 Å². The smallest absolute Gasteiger partial charge is 0.225 e. The van der Waals surface area contributed by atoms with E-state index < -0.39 is 0 Å². The first-order valence-electron chi connectivity index (χ1n) is 6.29. The summed E-state index contributed by atoms with van der Waals surface area (Å²) < 4.78 is 0. The third-order valence-corrected chi connectivity index (χ3v) is 4.20. The minimum absolute atomic E-state index is 0.0249. The van der Waals surface area contributed by atoms with Crippen LogP contribution in [0.4, 0.5) is 0 Å². The highest BCUT2D eigenvalue weighted by molar-refractivity contribution is 7.10. The van der Waals surface area contributed by atoms with Gasteiger partial charge in [0.2, 0.25) is 11.8 Å². The molecule has 2 rings (SSSR count). The number of amides is 2. The molecule has 1 unspecified atom stereocenters. The maximum atomic E-state index is 12.1. The number of hydrogen-bond donors (Lipinski definition) is 2. The highest BCUT2D eigenvalue weighted by Gasteiger charge is 2.31. The molecule has 0 aliphatic carbocycles. The quantitative estimate of drug-likeness (QED) is 0.838. The van der Waals surface area contributed by atoms with E-state index in [0.717, 1.165) is 4.88 Å². The summed E-state index contributed by atoms with van der Waals surface area (Å²) in [7, 11) is 0. The predicted octanol–water partition coefficient (Wildman–Crippen LogP) is 0.766. The highest BCUT2D eigenvalue weighted by Crippen LogP contribution is 2.25. The standard InChI is InChI=1S/C13H18N2O3S/c1-9(17)14-11(12-3-2-4-19-12)5-13(18)15-6-10(7-15)8-16/h2-4,10-11,16H,5-8H2,1H3,(H,14,17). The van der Waals surface area contributed by atoms with Gasteiger partial charge in [-0.2, -0.15) is 0 Å². The van der Waals surface area contributed by atoms with Crippen molar-refractivity contribution < 1.29 is 14.7 Å². The van der Waals surface area contributed by atoms with E-state index in [1.165, 1.54) is 18.3 Å². The van der Waals surface area contributed by atoms with Gasteiger partial charge in [-0.15, -0.1) is 11.3 Å². The van der Waals surface area contributed by atoms with Crippen molar-refractivity contribution in [1.29, 1.82) is 0 Å². The number of nitrogens with one attached hydrogen (secondary N) is 1. The number of hydrogen-bond acceptors (Lipinski definition) is 4. The topological polar surface area (TPSA) is 69.6 Å². The number of rotatable bonds is 5. The minimum atomic E-state index is -0.252. The lowest BCUT2D eigenvalue weighted by molar-refractivity contribution is -0.139. The lowest BCUT2D eigenvalue weighted by Gasteiger charge is -2.39. The van der Waals surface area contributed by atoms with Crippen molar-refractivity contribution in [3.05, 3.63) is 22.4 Å². The van der Waals surface area contributed by atoms with Crippen LogP contribution in [0.3, 0.4) is 0 Å². The summed E-state index contributed by atoms with van der Waals surface area (Å²) in [6, 6.07) is 3.58. The Balaban J connectivity index is 1.93. The number of likely N-dealkylation sites (tertiary alicyclic amines) is 1. The average molecular weight is 282 g/mol. The van der Waals surface area contributed by atoms with E-state index in [1.54, 1.807) is 4.90 Å². The first-order valence-corrected chi connectivity index (χ1v) is 7.17. The fourth-order valence-corrected chi connectivity index (χ4v) is 2.93. The molecule has 2 amide bonds. The van der Waals surface area contributed by atoms with Gasteiger partial charge < -0.3 is 15.3 Å². The molecule has 0 spiro atoms. The molecular weight excluding hydrogens is 264 g/mol. The fourth-order valence-electron chi connectivity index (χ4n) is 2.15. The van der Waals surface area contributed by atoms with Crippen molar-refractivity contribution in [2.24, 2.45) is 5.92 Å². The third kappa shape index (κ3) is 3.54. The zero-order valence-electron chi connectivity index (χ0n) is 10.8. The van der Waals surface area contributed by atoms with Crippen LogP contribution >= 0.6 is 11.3 Å². The van der Waals surface area contributed by atoms with Crippen molar-refractivity contribution in [2.45, 2.75) is 19.4 Å². The van der Waals surface area contributed by atoms with E-state index in [2.05, 4.69) is 5.32 Å². The van der Waals surface area contributed by atoms with E-state index >= 15 is 0 Å². The molecule has 1 aliphatic rings. The Hall–Kier alpha value is -1.40. The van der Waals surface area contributed by atoms with Crippen molar-refractivity contribution in [1.82, 2.24) is 10.2 Å². The second kappa shape index (κ2) is 6.16. The van der Waals surface area contributed by atoms with E-state index in [-0.39, 0.29) is 36.8 Å². The van der Waals surface area contributed by atoms with E-state index in [1.807, 2.05) is 17.5 Å². The predicted molar refractivity (Wildman–Crippen MR) is 72.6 cm³/mol. The SMILES string of the molecule is CC(=O)NC(CC(=O)N1CC(CO)C1)c1cccs1. The molecular formula is C13H18N2O3S. The Morgan fingerprint density at radius 3 is 2.84 bits per heavy atom. The monoisotopic (exact) mass is 282 g/mol. The average Bonchev–Trinajstić information content (AvgIpc) is 2.79. The molecule has 1 fully saturated rings. The number of aliphatic hydroxyl groups is 1. The molecule has 6 heteroatoms. The Morgan fingerprint density at radius 1 is 1.58 bits per heavy atom. The second-order valence-corrected chi connectivity index (χ2v) is 5.80. The maximum Gasteiger partial charge on any atom is 0.225 e. The van der Waals surface area contributed by atoms with Crippen LogP contribution in [0.5, 0.6) is 0 Å². The molecule has 2 N–H and O–H groups in total. The van der Waals surface area contributed by atoms with Crippen molar-refractivity contribution in [3.63, 3.8) is 0 Å². The van der Waals surface area contributed by atoms with Crippen LogP contribution in [0.2, 0.25) is 0 Å². The van der Waals surface area contributed by atoms with Crippen molar-refractivity contribution >= 4 is 23.2 Å². The fraction of sp³-hybridized carbons (Fsp3) is 0.538. The zero-order valence-corrected chi connectivity index (χ0v) is 11.7. The summed E-state index contributed by atoms with van der Waals surface area (Å²) in [4.78, 5) is 26.0. The molecule has 1 aromatic rings. The Labute approximate surface area is 116 Å². The van der Waals surface area contributed by atoms with Gasteiger partial charge in [-0.05, 0) is 11.4 Å². The molecule has 1 aromatic heterocycles. The summed E-state index contributed by atoms with van der Waals surface area (Å²) in [5.74, 6) is 0.102. The van der Waals surface area contributed by atoms with Crippen LogP contribution in [0.15, 0.2) is 17.5 Å². The number of nitrogens with zero attached hydrogens (tertiary/aromatic N) is 1. The van der Waals surface area contributed by atoms with Crippen LogP contribution in [-0.4, -0.2) is 41.5 Å². The molecule has 1 saturated heterocycles. The van der Waals surface area contributed by atoms with Crippen LogP contribution in [0.25, 0.3) is 0 Å². The van der Waals surface area contributed by atoms with Gasteiger partial charge in [-0.1, -0.05) is 6.07 Å².